The highest BCUT2D eigenvalue weighted by molar-refractivity contribution is 5.86. The fourth-order valence-corrected chi connectivity index (χ4v) is 3.17. The van der Waals surface area contributed by atoms with E-state index in [0.717, 1.165) is 50.8 Å². The topological polar surface area (TPSA) is 94.0 Å². The summed E-state index contributed by atoms with van der Waals surface area (Å²) in [4.78, 5) is 16.5. The SMILES string of the molecule is C[C@H](C(=O)[C@@H](N)CCCc1ccc(N)nc1)C1CCNCC1.Cl. The van der Waals surface area contributed by atoms with Crippen molar-refractivity contribution in [2.75, 3.05) is 18.8 Å². The monoisotopic (exact) mass is 340 g/mol. The second-order valence-electron chi connectivity index (χ2n) is 6.37. The largest absolute Gasteiger partial charge is 0.384 e. The molecule has 1 aromatic rings. The molecule has 0 unspecified atom stereocenters. The van der Waals surface area contributed by atoms with Crippen LogP contribution in [0.2, 0.25) is 0 Å². The minimum Gasteiger partial charge on any atom is -0.384 e. The van der Waals surface area contributed by atoms with Crippen molar-refractivity contribution < 1.29 is 4.79 Å². The molecule has 2 rings (SSSR count). The molecule has 1 saturated heterocycles. The number of anilines is 1. The number of hydrogen-bond acceptors (Lipinski definition) is 5. The van der Waals surface area contributed by atoms with Gasteiger partial charge < -0.3 is 16.8 Å². The third kappa shape index (κ3) is 6.09. The van der Waals surface area contributed by atoms with Crippen LogP contribution in [-0.2, 0) is 11.2 Å². The van der Waals surface area contributed by atoms with Crippen LogP contribution in [0.15, 0.2) is 18.3 Å². The van der Waals surface area contributed by atoms with Crippen molar-refractivity contribution in [2.45, 2.75) is 45.1 Å². The number of rotatable bonds is 7. The number of piperidine rings is 1. The summed E-state index contributed by atoms with van der Waals surface area (Å²) in [7, 11) is 0. The molecule has 130 valence electrons. The van der Waals surface area contributed by atoms with Crippen LogP contribution < -0.4 is 16.8 Å². The van der Waals surface area contributed by atoms with Crippen molar-refractivity contribution in [1.29, 1.82) is 0 Å². The maximum Gasteiger partial charge on any atom is 0.152 e. The Morgan fingerprint density at radius 1 is 1.39 bits per heavy atom. The van der Waals surface area contributed by atoms with Crippen molar-refractivity contribution in [2.24, 2.45) is 17.6 Å². The van der Waals surface area contributed by atoms with Crippen LogP contribution in [0, 0.1) is 11.8 Å². The fraction of sp³-hybridized carbons (Fsp3) is 0.647. The molecule has 1 aliphatic rings. The molecule has 0 radical (unpaired) electrons. The van der Waals surface area contributed by atoms with Crippen molar-refractivity contribution in [3.8, 4) is 0 Å². The Bertz CT molecular complexity index is 474. The number of pyridine rings is 1. The van der Waals surface area contributed by atoms with E-state index in [1.165, 1.54) is 0 Å². The van der Waals surface area contributed by atoms with Gasteiger partial charge in [-0.2, -0.15) is 0 Å². The van der Waals surface area contributed by atoms with Gasteiger partial charge in [0.1, 0.15) is 5.82 Å². The first-order valence-corrected chi connectivity index (χ1v) is 8.28. The molecule has 1 aliphatic heterocycles. The number of nitrogens with zero attached hydrogens (tertiary/aromatic N) is 1. The van der Waals surface area contributed by atoms with Gasteiger partial charge in [-0.3, -0.25) is 4.79 Å². The lowest BCUT2D eigenvalue weighted by Crippen LogP contribution is -2.40. The Morgan fingerprint density at radius 3 is 2.70 bits per heavy atom. The van der Waals surface area contributed by atoms with Crippen molar-refractivity contribution in [1.82, 2.24) is 10.3 Å². The number of aromatic nitrogens is 1. The van der Waals surface area contributed by atoms with Crippen LogP contribution in [-0.4, -0.2) is 29.9 Å². The van der Waals surface area contributed by atoms with E-state index in [1.807, 2.05) is 13.0 Å². The maximum absolute atomic E-state index is 12.5. The second kappa shape index (κ2) is 9.85. The molecule has 0 saturated carbocycles. The predicted molar refractivity (Wildman–Crippen MR) is 96.6 cm³/mol. The average Bonchev–Trinajstić information content (AvgIpc) is 2.56. The molecule has 0 spiro atoms. The summed E-state index contributed by atoms with van der Waals surface area (Å²) in [6.45, 7) is 4.07. The molecule has 6 heteroatoms. The van der Waals surface area contributed by atoms with E-state index >= 15 is 0 Å². The van der Waals surface area contributed by atoms with Gasteiger partial charge in [0.15, 0.2) is 5.78 Å². The summed E-state index contributed by atoms with van der Waals surface area (Å²) in [5.74, 6) is 1.32. The first-order chi connectivity index (χ1) is 10.6. The molecule has 2 heterocycles. The van der Waals surface area contributed by atoms with Gasteiger partial charge in [-0.25, -0.2) is 4.98 Å². The second-order valence-corrected chi connectivity index (χ2v) is 6.37. The van der Waals surface area contributed by atoms with E-state index in [1.54, 1.807) is 12.3 Å². The van der Waals surface area contributed by atoms with E-state index in [2.05, 4.69) is 10.3 Å². The van der Waals surface area contributed by atoms with Crippen LogP contribution in [0.25, 0.3) is 0 Å². The smallest absolute Gasteiger partial charge is 0.152 e. The van der Waals surface area contributed by atoms with Crippen LogP contribution in [0.4, 0.5) is 5.82 Å². The number of halogens is 1. The van der Waals surface area contributed by atoms with Crippen LogP contribution in [0.1, 0.15) is 38.2 Å². The molecule has 5 nitrogen and oxygen atoms in total. The zero-order valence-corrected chi connectivity index (χ0v) is 14.6. The van der Waals surface area contributed by atoms with E-state index < -0.39 is 0 Å². The standard InChI is InChI=1S/C17H28N4O.ClH/c1-12(14-7-9-20-10-8-14)17(22)15(18)4-2-3-13-5-6-16(19)21-11-13;/h5-6,11-12,14-15,20H,2-4,7-10,18H2,1H3,(H2,19,21);1H/t12-,15-;/m0./s1. The van der Waals surface area contributed by atoms with Gasteiger partial charge in [-0.05, 0) is 62.7 Å². The van der Waals surface area contributed by atoms with Gasteiger partial charge in [0.05, 0.1) is 6.04 Å². The molecule has 0 amide bonds. The molecule has 0 aliphatic carbocycles. The summed E-state index contributed by atoms with van der Waals surface area (Å²) >= 11 is 0. The number of Topliss-reactive ketones (excluding diaryl/α,β-unsaturated/α-hetero) is 1. The Morgan fingerprint density at radius 2 is 2.09 bits per heavy atom. The number of ketones is 1. The lowest BCUT2D eigenvalue weighted by Gasteiger charge is -2.28. The lowest BCUT2D eigenvalue weighted by molar-refractivity contribution is -0.125. The van der Waals surface area contributed by atoms with Gasteiger partial charge in [0, 0.05) is 12.1 Å². The van der Waals surface area contributed by atoms with E-state index in [9.17, 15) is 4.79 Å². The number of carbonyl (C=O) groups excluding carboxylic acids is 1. The van der Waals surface area contributed by atoms with Crippen molar-refractivity contribution >= 4 is 24.0 Å². The quantitative estimate of drug-likeness (QED) is 0.705. The van der Waals surface area contributed by atoms with Crippen LogP contribution in [0.5, 0.6) is 0 Å². The van der Waals surface area contributed by atoms with Crippen LogP contribution in [0.3, 0.4) is 0 Å². The number of nitrogens with two attached hydrogens (primary N) is 2. The Kier molecular flexibility index (Phi) is 8.52. The third-order valence-electron chi connectivity index (χ3n) is 4.73. The Hall–Kier alpha value is -1.17. The van der Waals surface area contributed by atoms with Gasteiger partial charge in [0.25, 0.3) is 0 Å². The van der Waals surface area contributed by atoms with E-state index in [4.69, 9.17) is 11.5 Å². The summed E-state index contributed by atoms with van der Waals surface area (Å²) in [5, 5.41) is 3.34. The average molecular weight is 341 g/mol. The van der Waals surface area contributed by atoms with Gasteiger partial charge in [-0.15, -0.1) is 12.4 Å². The number of nitrogen functional groups attached to an aromatic ring is 1. The zero-order chi connectivity index (χ0) is 15.9. The molecule has 5 N–H and O–H groups in total. The molecule has 23 heavy (non-hydrogen) atoms. The lowest BCUT2D eigenvalue weighted by atomic mass is 9.81. The summed E-state index contributed by atoms with van der Waals surface area (Å²) < 4.78 is 0. The number of hydrogen-bond donors (Lipinski definition) is 3. The van der Waals surface area contributed by atoms with Crippen LogP contribution >= 0.6 is 12.4 Å². The molecule has 0 bridgehead atoms. The number of carbonyl (C=O) groups is 1. The zero-order valence-electron chi connectivity index (χ0n) is 13.8. The normalized spacial score (nSPS) is 18.0. The highest BCUT2D eigenvalue weighted by Gasteiger charge is 2.28. The third-order valence-corrected chi connectivity index (χ3v) is 4.73. The first kappa shape index (κ1) is 19.9. The Labute approximate surface area is 145 Å². The van der Waals surface area contributed by atoms with Gasteiger partial charge in [0.2, 0.25) is 0 Å². The molecular weight excluding hydrogens is 312 g/mol. The van der Waals surface area contributed by atoms with Crippen molar-refractivity contribution in [3.63, 3.8) is 0 Å². The minimum absolute atomic E-state index is 0. The Balaban J connectivity index is 0.00000264. The fourth-order valence-electron chi connectivity index (χ4n) is 3.17. The maximum atomic E-state index is 12.5. The highest BCUT2D eigenvalue weighted by atomic mass is 35.5. The minimum atomic E-state index is -0.341. The van der Waals surface area contributed by atoms with E-state index in [0.29, 0.717) is 11.7 Å². The highest BCUT2D eigenvalue weighted by Crippen LogP contribution is 2.24. The molecule has 0 aromatic carbocycles. The number of aryl methyl sites for hydroxylation is 1. The van der Waals surface area contributed by atoms with E-state index in [-0.39, 0.29) is 30.2 Å². The first-order valence-electron chi connectivity index (χ1n) is 8.28. The summed E-state index contributed by atoms with van der Waals surface area (Å²) in [6, 6.07) is 3.44. The van der Waals surface area contributed by atoms with Gasteiger partial charge >= 0.3 is 0 Å². The van der Waals surface area contributed by atoms with Gasteiger partial charge in [-0.1, -0.05) is 13.0 Å². The van der Waals surface area contributed by atoms with Crippen molar-refractivity contribution in [3.05, 3.63) is 23.9 Å². The summed E-state index contributed by atoms with van der Waals surface area (Å²) in [6.07, 6.45) is 6.47. The summed E-state index contributed by atoms with van der Waals surface area (Å²) in [5.41, 5.74) is 12.8. The molecule has 1 aromatic heterocycles. The molecular formula is C17H29ClN4O. The predicted octanol–water partition coefficient (Wildman–Crippen LogP) is 1.94. The molecule has 2 atom stereocenters. The molecule has 1 fully saturated rings. The number of nitrogens with one attached hydrogen (secondary N) is 1.